The van der Waals surface area contributed by atoms with Gasteiger partial charge in [-0.1, -0.05) is 36.4 Å². The number of methoxy groups -OCH3 is 2. The van der Waals surface area contributed by atoms with Crippen LogP contribution in [0.3, 0.4) is 0 Å². The first-order valence-corrected chi connectivity index (χ1v) is 7.62. The third-order valence-corrected chi connectivity index (χ3v) is 4.06. The van der Waals surface area contributed by atoms with Gasteiger partial charge in [-0.15, -0.1) is 0 Å². The molecule has 0 saturated carbocycles. The number of ether oxygens (including phenoxy) is 2. The van der Waals surface area contributed by atoms with Crippen LogP contribution in [0.15, 0.2) is 54.1 Å². The lowest BCUT2D eigenvalue weighted by Crippen LogP contribution is -2.21. The number of hydrogen-bond donors (Lipinski definition) is 2. The number of benzene rings is 2. The van der Waals surface area contributed by atoms with Crippen molar-refractivity contribution >= 4 is 17.4 Å². The van der Waals surface area contributed by atoms with E-state index in [1.165, 1.54) is 14.2 Å². The zero-order chi connectivity index (χ0) is 18.0. The van der Waals surface area contributed by atoms with E-state index >= 15 is 0 Å². The highest BCUT2D eigenvalue weighted by atomic mass is 16.5. The van der Waals surface area contributed by atoms with Gasteiger partial charge in [0.15, 0.2) is 11.5 Å². The van der Waals surface area contributed by atoms with E-state index in [1.807, 2.05) is 0 Å². The SMILES string of the molecule is COc1ccc(C2NC(=O)C(=O)/C2=C(\O)c2ccccc2)cc1OC. The van der Waals surface area contributed by atoms with Crippen LogP contribution in [-0.4, -0.2) is 31.0 Å². The highest BCUT2D eigenvalue weighted by Gasteiger charge is 2.39. The first-order chi connectivity index (χ1) is 12.1. The number of amides is 1. The molecule has 2 aromatic rings. The van der Waals surface area contributed by atoms with E-state index in [4.69, 9.17) is 9.47 Å². The minimum Gasteiger partial charge on any atom is -0.507 e. The second-order valence-corrected chi connectivity index (χ2v) is 5.48. The Balaban J connectivity index is 2.11. The summed E-state index contributed by atoms with van der Waals surface area (Å²) < 4.78 is 10.5. The van der Waals surface area contributed by atoms with Crippen LogP contribution in [-0.2, 0) is 9.59 Å². The quantitative estimate of drug-likeness (QED) is 0.508. The summed E-state index contributed by atoms with van der Waals surface area (Å²) >= 11 is 0. The van der Waals surface area contributed by atoms with Gasteiger partial charge in [-0.3, -0.25) is 9.59 Å². The number of ketones is 1. The van der Waals surface area contributed by atoms with Crippen molar-refractivity contribution in [1.82, 2.24) is 5.32 Å². The van der Waals surface area contributed by atoms with Crippen LogP contribution in [0, 0.1) is 0 Å². The van der Waals surface area contributed by atoms with Crippen LogP contribution in [0.25, 0.3) is 5.76 Å². The molecule has 2 aromatic carbocycles. The third kappa shape index (κ3) is 2.94. The van der Waals surface area contributed by atoms with E-state index in [9.17, 15) is 14.7 Å². The number of Topliss-reactive ketones (excluding diaryl/α,β-unsaturated/α-hetero) is 1. The predicted molar refractivity (Wildman–Crippen MR) is 91.4 cm³/mol. The zero-order valence-corrected chi connectivity index (χ0v) is 13.8. The largest absolute Gasteiger partial charge is 0.507 e. The Hall–Kier alpha value is -3.28. The molecular weight excluding hydrogens is 322 g/mol. The number of aliphatic hydroxyl groups is 1. The van der Waals surface area contributed by atoms with Crippen LogP contribution in [0.4, 0.5) is 0 Å². The molecule has 1 saturated heterocycles. The van der Waals surface area contributed by atoms with E-state index < -0.39 is 17.7 Å². The molecule has 0 aliphatic carbocycles. The van der Waals surface area contributed by atoms with Crippen molar-refractivity contribution in [2.24, 2.45) is 0 Å². The van der Waals surface area contributed by atoms with E-state index in [1.54, 1.807) is 48.5 Å². The molecule has 6 heteroatoms. The van der Waals surface area contributed by atoms with Crippen molar-refractivity contribution in [3.8, 4) is 11.5 Å². The number of aliphatic hydroxyl groups excluding tert-OH is 1. The summed E-state index contributed by atoms with van der Waals surface area (Å²) in [6, 6.07) is 12.9. The van der Waals surface area contributed by atoms with Gasteiger partial charge in [-0.25, -0.2) is 0 Å². The van der Waals surface area contributed by atoms with Crippen LogP contribution in [0.2, 0.25) is 0 Å². The summed E-state index contributed by atoms with van der Waals surface area (Å²) in [5.41, 5.74) is 1.09. The Bertz CT molecular complexity index is 857. The first-order valence-electron chi connectivity index (χ1n) is 7.62. The smallest absolute Gasteiger partial charge is 0.293 e. The molecule has 2 N–H and O–H groups in total. The number of carbonyl (C=O) groups is 2. The van der Waals surface area contributed by atoms with E-state index in [0.717, 1.165) is 0 Å². The highest BCUT2D eigenvalue weighted by Crippen LogP contribution is 2.36. The van der Waals surface area contributed by atoms with Crippen molar-refractivity contribution in [3.63, 3.8) is 0 Å². The maximum atomic E-state index is 12.3. The lowest BCUT2D eigenvalue weighted by molar-refractivity contribution is -0.133. The maximum Gasteiger partial charge on any atom is 0.293 e. The molecule has 1 aliphatic rings. The van der Waals surface area contributed by atoms with Crippen LogP contribution in [0.1, 0.15) is 17.2 Å². The Labute approximate surface area is 144 Å². The van der Waals surface area contributed by atoms with Crippen molar-refractivity contribution in [2.45, 2.75) is 6.04 Å². The molecule has 128 valence electrons. The molecule has 0 radical (unpaired) electrons. The molecule has 3 rings (SSSR count). The predicted octanol–water partition coefficient (Wildman–Crippen LogP) is 2.41. The third-order valence-electron chi connectivity index (χ3n) is 4.06. The second-order valence-electron chi connectivity index (χ2n) is 5.48. The molecule has 1 unspecified atom stereocenters. The minimum absolute atomic E-state index is 0.0171. The molecule has 1 fully saturated rings. The Morgan fingerprint density at radius 2 is 1.68 bits per heavy atom. The molecule has 0 bridgehead atoms. The summed E-state index contributed by atoms with van der Waals surface area (Å²) in [6.07, 6.45) is 0. The van der Waals surface area contributed by atoms with Gasteiger partial charge in [0.25, 0.3) is 11.7 Å². The van der Waals surface area contributed by atoms with Gasteiger partial charge in [-0.05, 0) is 17.7 Å². The summed E-state index contributed by atoms with van der Waals surface area (Å²) in [4.78, 5) is 24.2. The normalized spacial score (nSPS) is 18.7. The van der Waals surface area contributed by atoms with Gasteiger partial charge in [0.1, 0.15) is 5.76 Å². The monoisotopic (exact) mass is 339 g/mol. The minimum atomic E-state index is -0.764. The maximum absolute atomic E-state index is 12.3. The summed E-state index contributed by atoms with van der Waals surface area (Å²) in [6.45, 7) is 0. The van der Waals surface area contributed by atoms with E-state index in [-0.39, 0.29) is 11.3 Å². The number of rotatable bonds is 4. The number of hydrogen-bond acceptors (Lipinski definition) is 5. The zero-order valence-electron chi connectivity index (χ0n) is 13.8. The fourth-order valence-electron chi connectivity index (χ4n) is 2.80. The molecule has 1 amide bonds. The van der Waals surface area contributed by atoms with Crippen molar-refractivity contribution in [3.05, 3.63) is 65.2 Å². The Kier molecular flexibility index (Phi) is 4.43. The average Bonchev–Trinajstić information content (AvgIpc) is 2.96. The second kappa shape index (κ2) is 6.68. The van der Waals surface area contributed by atoms with Crippen LogP contribution in [0.5, 0.6) is 11.5 Å². The fourth-order valence-corrected chi connectivity index (χ4v) is 2.80. The highest BCUT2D eigenvalue weighted by molar-refractivity contribution is 6.46. The molecule has 6 nitrogen and oxygen atoms in total. The Morgan fingerprint density at radius 1 is 1.00 bits per heavy atom. The molecule has 0 spiro atoms. The average molecular weight is 339 g/mol. The topological polar surface area (TPSA) is 84.9 Å². The molecule has 25 heavy (non-hydrogen) atoms. The molecule has 0 aromatic heterocycles. The van der Waals surface area contributed by atoms with Gasteiger partial charge >= 0.3 is 0 Å². The molecule has 1 atom stereocenters. The standard InChI is InChI=1S/C19H17NO5/c1-24-13-9-8-12(10-14(13)25-2)16-15(18(22)19(23)20-16)17(21)11-6-4-3-5-7-11/h3-10,16,21H,1-2H3,(H,20,23)/b17-15-. The van der Waals surface area contributed by atoms with Gasteiger partial charge in [0.05, 0.1) is 25.8 Å². The van der Waals surface area contributed by atoms with Crippen molar-refractivity contribution < 1.29 is 24.2 Å². The van der Waals surface area contributed by atoms with Gasteiger partial charge in [0.2, 0.25) is 0 Å². The lowest BCUT2D eigenvalue weighted by atomic mass is 9.95. The van der Waals surface area contributed by atoms with Crippen LogP contribution >= 0.6 is 0 Å². The number of nitrogens with one attached hydrogen (secondary N) is 1. The van der Waals surface area contributed by atoms with Crippen molar-refractivity contribution in [1.29, 1.82) is 0 Å². The van der Waals surface area contributed by atoms with E-state index in [2.05, 4.69) is 5.32 Å². The molecule has 1 heterocycles. The summed E-state index contributed by atoms with van der Waals surface area (Å²) in [7, 11) is 3.02. The van der Waals surface area contributed by atoms with Gasteiger partial charge < -0.3 is 19.9 Å². The first kappa shape index (κ1) is 16.6. The molecule has 1 aliphatic heterocycles. The molecular formula is C19H17NO5. The summed E-state index contributed by atoms with van der Waals surface area (Å²) in [5, 5.41) is 13.2. The summed E-state index contributed by atoms with van der Waals surface area (Å²) in [5.74, 6) is -0.728. The lowest BCUT2D eigenvalue weighted by Gasteiger charge is -2.16. The van der Waals surface area contributed by atoms with Crippen LogP contribution < -0.4 is 14.8 Å². The van der Waals surface area contributed by atoms with E-state index in [0.29, 0.717) is 22.6 Å². The number of carbonyl (C=O) groups excluding carboxylic acids is 2. The van der Waals surface area contributed by atoms with Gasteiger partial charge in [0, 0.05) is 5.56 Å². The fraction of sp³-hybridized carbons (Fsp3) is 0.158. The van der Waals surface area contributed by atoms with Crippen molar-refractivity contribution in [2.75, 3.05) is 14.2 Å². The van der Waals surface area contributed by atoms with Gasteiger partial charge in [-0.2, -0.15) is 0 Å². The Morgan fingerprint density at radius 3 is 2.32 bits per heavy atom.